The van der Waals surface area contributed by atoms with E-state index in [2.05, 4.69) is 28.4 Å². The average molecular weight is 669 g/mol. The van der Waals surface area contributed by atoms with E-state index < -0.39 is 11.5 Å². The first-order chi connectivity index (χ1) is 23.1. The summed E-state index contributed by atoms with van der Waals surface area (Å²) in [5.41, 5.74) is 8.68. The van der Waals surface area contributed by atoms with Gasteiger partial charge in [0.2, 0.25) is 11.8 Å². The number of likely N-dealkylation sites (tertiary alicyclic amines) is 1. The third-order valence-electron chi connectivity index (χ3n) is 9.35. The van der Waals surface area contributed by atoms with Crippen molar-refractivity contribution in [3.05, 3.63) is 53.6 Å². The number of benzene rings is 2. The zero-order valence-electron chi connectivity index (χ0n) is 29.7. The average Bonchev–Trinajstić information content (AvgIpc) is 3.09. The summed E-state index contributed by atoms with van der Waals surface area (Å²) in [6.45, 7) is 10.6. The first kappa shape index (κ1) is 37.4. The van der Waals surface area contributed by atoms with Crippen molar-refractivity contribution in [3.63, 3.8) is 0 Å². The van der Waals surface area contributed by atoms with Gasteiger partial charge in [-0.05, 0) is 61.6 Å². The standard InChI is InChI=1S/C37H56N4O7/c1-26(38)35(42)41-24-34(48-25-27-9-14-33-32(21-27)40(16-20-47-33)15-7-17-44-5)31(22-29(41)23-37(2,3)36(43)39-4)28-10-12-30(13-11-28)46-19-8-18-45-6/h9-14,21,26,29,31,34H,7-8,15-20,22-25,38H2,1-6H3,(H,39,43)/t26?,29-,31+,34-/m0/s1. The number of amides is 2. The van der Waals surface area contributed by atoms with Crippen molar-refractivity contribution < 1.29 is 33.3 Å². The molecule has 0 saturated carbocycles. The minimum atomic E-state index is -0.686. The van der Waals surface area contributed by atoms with Crippen LogP contribution in [0, 0.1) is 5.41 Å². The van der Waals surface area contributed by atoms with E-state index >= 15 is 0 Å². The summed E-state index contributed by atoms with van der Waals surface area (Å²) in [4.78, 5) is 30.6. The summed E-state index contributed by atoms with van der Waals surface area (Å²) in [6, 6.07) is 13.5. The first-order valence-corrected chi connectivity index (χ1v) is 17.2. The maximum absolute atomic E-state index is 13.6. The number of fused-ring (bicyclic) bond motifs is 1. The van der Waals surface area contributed by atoms with Crippen molar-refractivity contribution >= 4 is 17.5 Å². The predicted molar refractivity (Wildman–Crippen MR) is 187 cm³/mol. The quantitative estimate of drug-likeness (QED) is 0.240. The van der Waals surface area contributed by atoms with Gasteiger partial charge in [0.1, 0.15) is 18.1 Å². The summed E-state index contributed by atoms with van der Waals surface area (Å²) in [6.07, 6.45) is 2.56. The molecular formula is C37H56N4O7. The molecule has 4 rings (SSSR count). The van der Waals surface area contributed by atoms with E-state index in [1.807, 2.05) is 43.0 Å². The molecule has 3 N–H and O–H groups in total. The number of hydrogen-bond acceptors (Lipinski definition) is 9. The number of nitrogens with zero attached hydrogens (tertiary/aromatic N) is 2. The van der Waals surface area contributed by atoms with Crippen LogP contribution in [0.5, 0.6) is 11.5 Å². The van der Waals surface area contributed by atoms with E-state index in [-0.39, 0.29) is 29.9 Å². The highest BCUT2D eigenvalue weighted by Gasteiger charge is 2.43. The van der Waals surface area contributed by atoms with Crippen molar-refractivity contribution in [2.24, 2.45) is 11.1 Å². The molecule has 0 aromatic heterocycles. The number of carbonyl (C=O) groups excluding carboxylic acids is 2. The summed E-state index contributed by atoms with van der Waals surface area (Å²) in [5.74, 6) is 1.44. The van der Waals surface area contributed by atoms with Crippen LogP contribution in [-0.4, -0.2) is 102 Å². The van der Waals surface area contributed by atoms with Gasteiger partial charge in [-0.3, -0.25) is 9.59 Å². The molecule has 2 aromatic carbocycles. The van der Waals surface area contributed by atoms with E-state index in [0.717, 1.165) is 54.2 Å². The van der Waals surface area contributed by atoms with Gasteiger partial charge >= 0.3 is 0 Å². The predicted octanol–water partition coefficient (Wildman–Crippen LogP) is 4.12. The fourth-order valence-electron chi connectivity index (χ4n) is 6.76. The third-order valence-corrected chi connectivity index (χ3v) is 9.35. The van der Waals surface area contributed by atoms with Gasteiger partial charge in [-0.25, -0.2) is 0 Å². The molecule has 11 heteroatoms. The molecule has 2 heterocycles. The van der Waals surface area contributed by atoms with E-state index in [0.29, 0.717) is 52.4 Å². The lowest BCUT2D eigenvalue weighted by Crippen LogP contribution is -2.57. The van der Waals surface area contributed by atoms with E-state index in [4.69, 9.17) is 29.4 Å². The number of hydrogen-bond donors (Lipinski definition) is 2. The van der Waals surface area contributed by atoms with Crippen LogP contribution in [0.2, 0.25) is 0 Å². The van der Waals surface area contributed by atoms with E-state index in [9.17, 15) is 9.59 Å². The smallest absolute Gasteiger partial charge is 0.239 e. The molecule has 0 radical (unpaired) electrons. The van der Waals surface area contributed by atoms with Gasteiger partial charge in [-0.2, -0.15) is 0 Å². The topological polar surface area (TPSA) is 125 Å². The summed E-state index contributed by atoms with van der Waals surface area (Å²) < 4.78 is 29.0. The number of nitrogens with two attached hydrogens (primary N) is 1. The Morgan fingerprint density at radius 2 is 1.79 bits per heavy atom. The van der Waals surface area contributed by atoms with Crippen LogP contribution in [0.1, 0.15) is 63.5 Å². The molecular weight excluding hydrogens is 612 g/mol. The zero-order valence-corrected chi connectivity index (χ0v) is 29.7. The van der Waals surface area contributed by atoms with Crippen LogP contribution in [0.25, 0.3) is 0 Å². The number of ether oxygens (including phenoxy) is 5. The van der Waals surface area contributed by atoms with Crippen LogP contribution in [0.4, 0.5) is 5.69 Å². The van der Waals surface area contributed by atoms with Gasteiger partial charge in [0.15, 0.2) is 0 Å². The van der Waals surface area contributed by atoms with Crippen LogP contribution in [0.3, 0.4) is 0 Å². The Morgan fingerprint density at radius 1 is 1.06 bits per heavy atom. The largest absolute Gasteiger partial charge is 0.494 e. The van der Waals surface area contributed by atoms with Gasteiger partial charge in [0, 0.05) is 71.4 Å². The number of anilines is 1. The van der Waals surface area contributed by atoms with Gasteiger partial charge in [0.25, 0.3) is 0 Å². The van der Waals surface area contributed by atoms with Crippen LogP contribution in [0.15, 0.2) is 42.5 Å². The number of carbonyl (C=O) groups is 2. The highest BCUT2D eigenvalue weighted by Crippen LogP contribution is 2.40. The number of methoxy groups -OCH3 is 2. The maximum atomic E-state index is 13.6. The van der Waals surface area contributed by atoms with E-state index in [1.165, 1.54) is 0 Å². The molecule has 1 saturated heterocycles. The molecule has 11 nitrogen and oxygen atoms in total. The first-order valence-electron chi connectivity index (χ1n) is 17.2. The van der Waals surface area contributed by atoms with Gasteiger partial charge in [0.05, 0.1) is 37.6 Å². The van der Waals surface area contributed by atoms with Gasteiger partial charge in [-0.1, -0.05) is 32.0 Å². The van der Waals surface area contributed by atoms with Crippen molar-refractivity contribution in [2.45, 2.75) is 77.2 Å². The maximum Gasteiger partial charge on any atom is 0.239 e. The molecule has 48 heavy (non-hydrogen) atoms. The molecule has 1 fully saturated rings. The molecule has 2 aliphatic heterocycles. The molecule has 4 atom stereocenters. The Morgan fingerprint density at radius 3 is 2.48 bits per heavy atom. The third kappa shape index (κ3) is 9.84. The highest BCUT2D eigenvalue weighted by atomic mass is 16.5. The molecule has 0 bridgehead atoms. The van der Waals surface area contributed by atoms with Crippen LogP contribution < -0.4 is 25.4 Å². The zero-order chi connectivity index (χ0) is 34.7. The Hall–Kier alpha value is -3.38. The molecule has 0 spiro atoms. The summed E-state index contributed by atoms with van der Waals surface area (Å²) in [5, 5.41) is 2.79. The number of nitrogens with one attached hydrogen (secondary N) is 1. The monoisotopic (exact) mass is 668 g/mol. The Labute approximate surface area is 286 Å². The second-order valence-corrected chi connectivity index (χ2v) is 13.5. The molecule has 2 aromatic rings. The fraction of sp³-hybridized carbons (Fsp3) is 0.622. The molecule has 266 valence electrons. The van der Waals surface area contributed by atoms with Crippen LogP contribution in [-0.2, 0) is 30.4 Å². The van der Waals surface area contributed by atoms with Gasteiger partial charge < -0.3 is 44.5 Å². The Kier molecular flexibility index (Phi) is 13.9. The number of piperidine rings is 1. The Balaban J connectivity index is 1.60. The summed E-state index contributed by atoms with van der Waals surface area (Å²) in [7, 11) is 5.05. The molecule has 0 aliphatic carbocycles. The minimum Gasteiger partial charge on any atom is -0.494 e. The van der Waals surface area contributed by atoms with Crippen molar-refractivity contribution in [1.29, 1.82) is 0 Å². The summed E-state index contributed by atoms with van der Waals surface area (Å²) >= 11 is 0. The molecule has 2 aliphatic rings. The van der Waals surface area contributed by atoms with E-state index in [1.54, 1.807) is 28.2 Å². The van der Waals surface area contributed by atoms with Crippen molar-refractivity contribution in [3.8, 4) is 11.5 Å². The molecule has 2 amide bonds. The normalized spacial score (nSPS) is 20.1. The molecule has 1 unspecified atom stereocenters. The Bertz CT molecular complexity index is 1320. The minimum absolute atomic E-state index is 0.0262. The van der Waals surface area contributed by atoms with Gasteiger partial charge in [-0.15, -0.1) is 0 Å². The van der Waals surface area contributed by atoms with Crippen molar-refractivity contribution in [1.82, 2.24) is 10.2 Å². The SMILES string of the molecule is CNC(=O)C(C)(C)C[C@@H]1C[C@H](c2ccc(OCCCOC)cc2)[C@@H](OCc2ccc3c(c2)N(CCCOC)CCO3)CN1C(=O)C(C)N. The van der Waals surface area contributed by atoms with Crippen LogP contribution >= 0.6 is 0 Å². The lowest BCUT2D eigenvalue weighted by molar-refractivity contribution is -0.145. The lowest BCUT2D eigenvalue weighted by Gasteiger charge is -2.46. The highest BCUT2D eigenvalue weighted by molar-refractivity contribution is 5.83. The number of rotatable bonds is 17. The second-order valence-electron chi connectivity index (χ2n) is 13.5. The van der Waals surface area contributed by atoms with Crippen molar-refractivity contribution in [2.75, 3.05) is 72.2 Å². The lowest BCUT2D eigenvalue weighted by atomic mass is 9.76. The second kappa shape index (κ2) is 17.9. The fourth-order valence-corrected chi connectivity index (χ4v) is 6.76.